The summed E-state index contributed by atoms with van der Waals surface area (Å²) in [5.41, 5.74) is 1.06. The third kappa shape index (κ3) is 4.48. The Labute approximate surface area is 168 Å². The molecule has 0 bridgehead atoms. The molecule has 154 valence electrons. The molecule has 3 aromatic rings. The Hall–Kier alpha value is -2.72. The van der Waals surface area contributed by atoms with Gasteiger partial charge in [-0.05, 0) is 37.8 Å². The number of aliphatic hydroxyl groups excluding tert-OH is 1. The van der Waals surface area contributed by atoms with Gasteiger partial charge in [0.15, 0.2) is 0 Å². The molecule has 0 saturated carbocycles. The molecule has 0 aromatic carbocycles. The molecule has 0 aliphatic rings. The van der Waals surface area contributed by atoms with Crippen LogP contribution in [0.15, 0.2) is 23.1 Å². The van der Waals surface area contributed by atoms with Gasteiger partial charge in [-0.2, -0.15) is 9.50 Å². The number of carbonyl (C=O) groups excluding carboxylic acids is 1. The van der Waals surface area contributed by atoms with Crippen LogP contribution in [-0.2, 0) is 17.8 Å². The van der Waals surface area contributed by atoms with Crippen molar-refractivity contribution in [3.63, 3.8) is 0 Å². The molecule has 0 saturated heterocycles. The van der Waals surface area contributed by atoms with Gasteiger partial charge in [-0.3, -0.25) is 4.79 Å². The number of carbonyl (C=O) groups is 1. The average molecular weight is 426 g/mol. The fourth-order valence-electron chi connectivity index (χ4n) is 3.03. The molecule has 0 radical (unpaired) electrons. The second kappa shape index (κ2) is 8.75. The fourth-order valence-corrected chi connectivity index (χ4v) is 3.15. The van der Waals surface area contributed by atoms with E-state index >= 15 is 0 Å². The second-order valence-corrected chi connectivity index (χ2v) is 6.91. The molecular formula is C18H18ClF2N5O3. The van der Waals surface area contributed by atoms with Crippen LogP contribution in [0.4, 0.5) is 8.78 Å². The number of halogens is 3. The van der Waals surface area contributed by atoms with Crippen molar-refractivity contribution in [3.8, 4) is 0 Å². The van der Waals surface area contributed by atoms with E-state index in [4.69, 9.17) is 11.6 Å². The van der Waals surface area contributed by atoms with Crippen LogP contribution in [-0.4, -0.2) is 41.6 Å². The first-order valence-electron chi connectivity index (χ1n) is 8.82. The summed E-state index contributed by atoms with van der Waals surface area (Å²) in [5, 5.41) is 13.4. The number of fused-ring (bicyclic) bond motifs is 1. The number of hydrogen-bond donors (Lipinski definition) is 1. The van der Waals surface area contributed by atoms with Crippen LogP contribution >= 0.6 is 11.6 Å². The van der Waals surface area contributed by atoms with Crippen LogP contribution in [0.5, 0.6) is 0 Å². The van der Waals surface area contributed by atoms with Crippen molar-refractivity contribution in [1.29, 1.82) is 0 Å². The van der Waals surface area contributed by atoms with Gasteiger partial charge in [-0.15, -0.1) is 5.10 Å². The predicted octanol–water partition coefficient (Wildman–Crippen LogP) is 2.12. The fraction of sp³-hybridized carbons (Fsp3) is 0.389. The molecule has 1 N–H and O–H groups in total. The van der Waals surface area contributed by atoms with Crippen molar-refractivity contribution in [2.45, 2.75) is 45.3 Å². The predicted molar refractivity (Wildman–Crippen MR) is 100 cm³/mol. The molecule has 0 fully saturated rings. The zero-order valence-electron chi connectivity index (χ0n) is 15.4. The minimum atomic E-state index is -2.92. The summed E-state index contributed by atoms with van der Waals surface area (Å²) in [6.45, 7) is 1.90. The molecular weight excluding hydrogens is 408 g/mol. The Kier molecular flexibility index (Phi) is 6.33. The molecule has 1 unspecified atom stereocenters. The van der Waals surface area contributed by atoms with E-state index in [9.17, 15) is 23.5 Å². The number of aromatic nitrogens is 5. The summed E-state index contributed by atoms with van der Waals surface area (Å²) in [4.78, 5) is 31.2. The van der Waals surface area contributed by atoms with Crippen molar-refractivity contribution >= 4 is 23.7 Å². The zero-order chi connectivity index (χ0) is 21.1. The maximum atomic E-state index is 13.1. The number of rotatable bonds is 8. The van der Waals surface area contributed by atoms with Crippen molar-refractivity contribution in [1.82, 2.24) is 24.1 Å². The van der Waals surface area contributed by atoms with Crippen LogP contribution in [0.2, 0.25) is 5.15 Å². The third-order valence-electron chi connectivity index (χ3n) is 4.55. The number of pyridine rings is 1. The largest absolute Gasteiger partial charge is 0.386 e. The Balaban J connectivity index is 2.09. The van der Waals surface area contributed by atoms with E-state index in [-0.39, 0.29) is 25.2 Å². The SMILES string of the molecule is Cc1c(CCCC(O)C=O)c(=O)n2nc(C(F)F)nc2n1Cc1ccc(Cl)nc1. The first-order chi connectivity index (χ1) is 13.8. The molecule has 0 aliphatic heterocycles. The Bertz CT molecular complexity index is 1080. The van der Waals surface area contributed by atoms with E-state index < -0.39 is 23.9 Å². The zero-order valence-corrected chi connectivity index (χ0v) is 16.2. The van der Waals surface area contributed by atoms with Crippen molar-refractivity contribution in [3.05, 3.63) is 56.5 Å². The summed E-state index contributed by atoms with van der Waals surface area (Å²) in [6, 6.07) is 3.33. The molecule has 29 heavy (non-hydrogen) atoms. The molecule has 3 aromatic heterocycles. The summed E-state index contributed by atoms with van der Waals surface area (Å²) in [7, 11) is 0. The van der Waals surface area contributed by atoms with Crippen molar-refractivity contribution in [2.75, 3.05) is 0 Å². The van der Waals surface area contributed by atoms with Gasteiger partial charge in [-0.1, -0.05) is 17.7 Å². The summed E-state index contributed by atoms with van der Waals surface area (Å²) in [6.07, 6.45) is -1.28. The monoisotopic (exact) mass is 425 g/mol. The van der Waals surface area contributed by atoms with Gasteiger partial charge in [0.1, 0.15) is 17.5 Å². The molecule has 0 amide bonds. The number of aliphatic hydroxyl groups is 1. The first kappa shape index (κ1) is 21.0. The molecule has 0 aliphatic carbocycles. The van der Waals surface area contributed by atoms with Gasteiger partial charge in [-0.25, -0.2) is 13.8 Å². The highest BCUT2D eigenvalue weighted by atomic mass is 35.5. The van der Waals surface area contributed by atoms with Gasteiger partial charge in [0.2, 0.25) is 11.6 Å². The quantitative estimate of drug-likeness (QED) is 0.438. The van der Waals surface area contributed by atoms with Crippen molar-refractivity contribution < 1.29 is 18.7 Å². The lowest BCUT2D eigenvalue weighted by atomic mass is 10.1. The van der Waals surface area contributed by atoms with Crippen LogP contribution in [0.3, 0.4) is 0 Å². The van der Waals surface area contributed by atoms with Crippen LogP contribution < -0.4 is 5.56 Å². The number of alkyl halides is 2. The first-order valence-corrected chi connectivity index (χ1v) is 9.20. The van der Waals surface area contributed by atoms with Crippen LogP contribution in [0.1, 0.15) is 41.9 Å². The minimum absolute atomic E-state index is 0.00516. The highest BCUT2D eigenvalue weighted by Gasteiger charge is 2.21. The normalized spacial score (nSPS) is 12.6. The van der Waals surface area contributed by atoms with Gasteiger partial charge < -0.3 is 14.5 Å². The van der Waals surface area contributed by atoms with Crippen LogP contribution in [0, 0.1) is 6.92 Å². The lowest BCUT2D eigenvalue weighted by Gasteiger charge is -2.15. The van der Waals surface area contributed by atoms with E-state index in [1.807, 2.05) is 0 Å². The number of nitrogens with zero attached hydrogens (tertiary/aromatic N) is 5. The molecule has 3 rings (SSSR count). The molecule has 0 spiro atoms. The summed E-state index contributed by atoms with van der Waals surface area (Å²) < 4.78 is 28.7. The lowest BCUT2D eigenvalue weighted by molar-refractivity contribution is -0.115. The highest BCUT2D eigenvalue weighted by Crippen LogP contribution is 2.18. The molecule has 8 nitrogen and oxygen atoms in total. The number of aldehydes is 1. The minimum Gasteiger partial charge on any atom is -0.386 e. The Morgan fingerprint density at radius 2 is 2.10 bits per heavy atom. The Morgan fingerprint density at radius 3 is 2.72 bits per heavy atom. The molecule has 3 heterocycles. The topological polar surface area (TPSA) is 102 Å². The smallest absolute Gasteiger partial charge is 0.299 e. The summed E-state index contributed by atoms with van der Waals surface area (Å²) >= 11 is 5.81. The number of hydrogen-bond acceptors (Lipinski definition) is 6. The lowest BCUT2D eigenvalue weighted by Crippen LogP contribution is -2.26. The molecule has 11 heteroatoms. The van der Waals surface area contributed by atoms with E-state index in [0.717, 1.165) is 10.1 Å². The Morgan fingerprint density at radius 1 is 1.34 bits per heavy atom. The van der Waals surface area contributed by atoms with Crippen molar-refractivity contribution in [2.24, 2.45) is 0 Å². The van der Waals surface area contributed by atoms with Crippen LogP contribution in [0.25, 0.3) is 5.78 Å². The molecule has 1 atom stereocenters. The van der Waals surface area contributed by atoms with Gasteiger partial charge in [0, 0.05) is 17.5 Å². The van der Waals surface area contributed by atoms with Gasteiger partial charge in [0.25, 0.3) is 12.0 Å². The average Bonchev–Trinajstić information content (AvgIpc) is 3.15. The van der Waals surface area contributed by atoms with E-state index in [2.05, 4.69) is 15.1 Å². The van der Waals surface area contributed by atoms with Gasteiger partial charge >= 0.3 is 0 Å². The van der Waals surface area contributed by atoms with E-state index in [1.165, 1.54) is 0 Å². The van der Waals surface area contributed by atoms with E-state index in [1.54, 1.807) is 29.8 Å². The third-order valence-corrected chi connectivity index (χ3v) is 4.77. The maximum absolute atomic E-state index is 13.1. The second-order valence-electron chi connectivity index (χ2n) is 6.52. The van der Waals surface area contributed by atoms with E-state index in [0.29, 0.717) is 29.1 Å². The summed E-state index contributed by atoms with van der Waals surface area (Å²) in [5.74, 6) is -0.743. The maximum Gasteiger partial charge on any atom is 0.299 e. The standard InChI is InChI=1S/C18H18ClF2N5O3/c1-10-13(4-2-3-12(28)9-27)17(29)26-18(23-16(24-26)15(20)21)25(10)8-11-5-6-14(19)22-7-11/h5-7,9,12,15,28H,2-4,8H2,1H3. The highest BCUT2D eigenvalue weighted by molar-refractivity contribution is 6.29. The van der Waals surface area contributed by atoms with Gasteiger partial charge in [0.05, 0.1) is 6.54 Å².